The molecule has 7 nitrogen and oxygen atoms in total. The summed E-state index contributed by atoms with van der Waals surface area (Å²) in [7, 11) is 1.32. The number of esters is 1. The average molecular weight is 386 g/mol. The number of ether oxygens (including phenoxy) is 2. The van der Waals surface area contributed by atoms with E-state index in [1.807, 2.05) is 13.8 Å². The van der Waals surface area contributed by atoms with Crippen molar-refractivity contribution >= 4 is 44.5 Å². The second-order valence-electron chi connectivity index (χ2n) is 7.71. The van der Waals surface area contributed by atoms with Crippen LogP contribution in [-0.4, -0.2) is 42.1 Å². The molecule has 0 N–H and O–H groups in total. The standard InChI is InChI=1S/C19H18N2O5S/c1-18-12-6-7-13(26-12)19(18,2)16(24)21(15(18)23)17-20-10-5-4-9(14(22)25-3)8-11(10)27-17/h4-5,8,12-13H,6-7H2,1-3H3/t12-,13+,18-,19+. The zero-order chi connectivity index (χ0) is 19.1. The van der Waals surface area contributed by atoms with Gasteiger partial charge in [-0.15, -0.1) is 0 Å². The van der Waals surface area contributed by atoms with Crippen LogP contribution < -0.4 is 4.90 Å². The Morgan fingerprint density at radius 1 is 1.22 bits per heavy atom. The van der Waals surface area contributed by atoms with Crippen molar-refractivity contribution in [3.8, 4) is 0 Å². The van der Waals surface area contributed by atoms with Crippen molar-refractivity contribution in [1.82, 2.24) is 4.98 Å². The number of imide groups is 1. The first-order chi connectivity index (χ1) is 12.8. The largest absolute Gasteiger partial charge is 0.465 e. The Kier molecular flexibility index (Phi) is 3.20. The number of carbonyl (C=O) groups excluding carboxylic acids is 3. The van der Waals surface area contributed by atoms with Gasteiger partial charge in [-0.3, -0.25) is 9.59 Å². The van der Waals surface area contributed by atoms with E-state index in [1.54, 1.807) is 18.2 Å². The van der Waals surface area contributed by atoms with Crippen molar-refractivity contribution in [2.45, 2.75) is 38.9 Å². The predicted molar refractivity (Wildman–Crippen MR) is 97.6 cm³/mol. The quantitative estimate of drug-likeness (QED) is 0.582. The van der Waals surface area contributed by atoms with Gasteiger partial charge in [0.25, 0.3) is 0 Å². The van der Waals surface area contributed by atoms with Crippen LogP contribution in [0.3, 0.4) is 0 Å². The summed E-state index contributed by atoms with van der Waals surface area (Å²) < 4.78 is 11.4. The van der Waals surface area contributed by atoms with E-state index in [2.05, 4.69) is 4.98 Å². The first-order valence-electron chi connectivity index (χ1n) is 8.85. The van der Waals surface area contributed by atoms with Gasteiger partial charge in [-0.2, -0.15) is 0 Å². The molecule has 4 heterocycles. The van der Waals surface area contributed by atoms with Crippen LogP contribution in [0.2, 0.25) is 0 Å². The van der Waals surface area contributed by atoms with Gasteiger partial charge < -0.3 is 9.47 Å². The van der Waals surface area contributed by atoms with E-state index in [9.17, 15) is 14.4 Å². The van der Waals surface area contributed by atoms with E-state index in [-0.39, 0.29) is 24.0 Å². The number of fused-ring (bicyclic) bond motifs is 6. The third-order valence-electron chi connectivity index (χ3n) is 6.67. The molecular formula is C19H18N2O5S. The fraction of sp³-hybridized carbons (Fsp3) is 0.474. The number of carbonyl (C=O) groups is 3. The molecule has 0 spiro atoms. The van der Waals surface area contributed by atoms with Gasteiger partial charge in [-0.1, -0.05) is 11.3 Å². The van der Waals surface area contributed by atoms with Crippen LogP contribution in [0.25, 0.3) is 10.2 Å². The minimum absolute atomic E-state index is 0.228. The van der Waals surface area contributed by atoms with E-state index >= 15 is 0 Å². The molecule has 2 amide bonds. The molecule has 4 atom stereocenters. The monoisotopic (exact) mass is 386 g/mol. The highest BCUT2D eigenvalue weighted by atomic mass is 32.1. The summed E-state index contributed by atoms with van der Waals surface area (Å²) in [6.45, 7) is 3.69. The summed E-state index contributed by atoms with van der Waals surface area (Å²) in [5.74, 6) is -0.924. The lowest BCUT2D eigenvalue weighted by atomic mass is 9.59. The fourth-order valence-corrected chi connectivity index (χ4v) is 5.86. The van der Waals surface area contributed by atoms with E-state index in [1.165, 1.54) is 23.3 Å². The van der Waals surface area contributed by atoms with Gasteiger partial charge in [0.1, 0.15) is 0 Å². The summed E-state index contributed by atoms with van der Waals surface area (Å²) in [6, 6.07) is 4.99. The normalized spacial score (nSPS) is 34.6. The molecule has 3 fully saturated rings. The second-order valence-corrected chi connectivity index (χ2v) is 8.72. The van der Waals surface area contributed by atoms with Crippen molar-refractivity contribution in [3.05, 3.63) is 23.8 Å². The topological polar surface area (TPSA) is 85.8 Å². The van der Waals surface area contributed by atoms with Gasteiger partial charge in [0.05, 0.1) is 45.9 Å². The minimum atomic E-state index is -0.859. The van der Waals surface area contributed by atoms with Crippen molar-refractivity contribution in [2.24, 2.45) is 10.8 Å². The molecule has 8 heteroatoms. The van der Waals surface area contributed by atoms with Gasteiger partial charge in [-0.05, 0) is 44.9 Å². The van der Waals surface area contributed by atoms with Gasteiger partial charge in [0.15, 0.2) is 5.13 Å². The Balaban J connectivity index is 1.60. The molecule has 140 valence electrons. The molecule has 27 heavy (non-hydrogen) atoms. The third kappa shape index (κ3) is 1.80. The minimum Gasteiger partial charge on any atom is -0.465 e. The Labute approximate surface area is 159 Å². The summed E-state index contributed by atoms with van der Waals surface area (Å²) in [6.07, 6.45) is 1.14. The highest BCUT2D eigenvalue weighted by molar-refractivity contribution is 7.22. The van der Waals surface area contributed by atoms with Crippen LogP contribution in [0.5, 0.6) is 0 Å². The summed E-state index contributed by atoms with van der Waals surface area (Å²) in [5.41, 5.74) is -0.680. The number of benzene rings is 1. The fourth-order valence-electron chi connectivity index (χ4n) is 4.86. The number of anilines is 1. The molecule has 0 saturated carbocycles. The van der Waals surface area contributed by atoms with Crippen molar-refractivity contribution in [3.63, 3.8) is 0 Å². The smallest absolute Gasteiger partial charge is 0.337 e. The molecule has 3 aliphatic rings. The predicted octanol–water partition coefficient (Wildman–Crippen LogP) is 2.53. The van der Waals surface area contributed by atoms with Crippen molar-refractivity contribution < 1.29 is 23.9 Å². The molecule has 2 aromatic rings. The van der Waals surface area contributed by atoms with E-state index < -0.39 is 16.8 Å². The highest BCUT2D eigenvalue weighted by Crippen LogP contribution is 2.64. The number of hydrogen-bond donors (Lipinski definition) is 0. The van der Waals surface area contributed by atoms with Crippen LogP contribution in [0, 0.1) is 10.8 Å². The maximum Gasteiger partial charge on any atom is 0.337 e. The Hall–Kier alpha value is -2.32. The Bertz CT molecular complexity index is 998. The summed E-state index contributed by atoms with van der Waals surface area (Å²) in [4.78, 5) is 44.1. The zero-order valence-electron chi connectivity index (χ0n) is 15.1. The Morgan fingerprint density at radius 2 is 1.85 bits per heavy atom. The van der Waals surface area contributed by atoms with Gasteiger partial charge >= 0.3 is 5.97 Å². The first kappa shape index (κ1) is 16.8. The van der Waals surface area contributed by atoms with Crippen LogP contribution >= 0.6 is 11.3 Å². The van der Waals surface area contributed by atoms with Gasteiger partial charge in [-0.25, -0.2) is 14.7 Å². The number of nitrogens with zero attached hydrogens (tertiary/aromatic N) is 2. The van der Waals surface area contributed by atoms with Gasteiger partial charge in [0, 0.05) is 0 Å². The first-order valence-corrected chi connectivity index (χ1v) is 9.67. The second kappa shape index (κ2) is 5.14. The van der Waals surface area contributed by atoms with Crippen LogP contribution in [0.1, 0.15) is 37.0 Å². The molecule has 0 aliphatic carbocycles. The van der Waals surface area contributed by atoms with E-state index in [0.717, 1.165) is 17.5 Å². The number of aromatic nitrogens is 1. The van der Waals surface area contributed by atoms with Crippen LogP contribution in [-0.2, 0) is 19.1 Å². The molecule has 0 radical (unpaired) electrons. The zero-order valence-corrected chi connectivity index (χ0v) is 16.0. The highest BCUT2D eigenvalue weighted by Gasteiger charge is 2.77. The van der Waals surface area contributed by atoms with E-state index in [0.29, 0.717) is 16.2 Å². The Morgan fingerprint density at radius 3 is 2.44 bits per heavy atom. The maximum atomic E-state index is 13.3. The maximum absolute atomic E-state index is 13.3. The lowest BCUT2D eigenvalue weighted by molar-refractivity contribution is -0.132. The number of amides is 2. The molecular weight excluding hydrogens is 368 g/mol. The number of thiazole rings is 1. The summed E-state index contributed by atoms with van der Waals surface area (Å²) in [5, 5.41) is 0.346. The molecule has 2 bridgehead atoms. The number of methoxy groups -OCH3 is 1. The third-order valence-corrected chi connectivity index (χ3v) is 7.67. The lowest BCUT2D eigenvalue weighted by Gasteiger charge is -2.36. The molecule has 3 aliphatic heterocycles. The number of rotatable bonds is 2. The van der Waals surface area contributed by atoms with Crippen molar-refractivity contribution in [1.29, 1.82) is 0 Å². The molecule has 1 aromatic carbocycles. The van der Waals surface area contributed by atoms with Gasteiger partial charge in [0.2, 0.25) is 11.8 Å². The molecule has 1 aromatic heterocycles. The van der Waals surface area contributed by atoms with Crippen LogP contribution in [0.15, 0.2) is 18.2 Å². The average Bonchev–Trinajstić information content (AvgIpc) is 3.38. The van der Waals surface area contributed by atoms with Crippen LogP contribution in [0.4, 0.5) is 5.13 Å². The van der Waals surface area contributed by atoms with E-state index in [4.69, 9.17) is 9.47 Å². The molecule has 0 unspecified atom stereocenters. The molecule has 3 saturated heterocycles. The SMILES string of the molecule is COC(=O)c1ccc2nc(N3C(=O)[C@@]4(C)[C@H]5CC[C@H](O5)[C@@]4(C)C3=O)sc2c1. The molecule has 5 rings (SSSR count). The van der Waals surface area contributed by atoms with Crippen molar-refractivity contribution in [2.75, 3.05) is 12.0 Å². The lowest BCUT2D eigenvalue weighted by Crippen LogP contribution is -2.48. The number of hydrogen-bond acceptors (Lipinski definition) is 7. The summed E-state index contributed by atoms with van der Waals surface area (Å²) >= 11 is 1.23.